The second kappa shape index (κ2) is 12.5. The highest BCUT2D eigenvalue weighted by atomic mass is 19.1. The lowest BCUT2D eigenvalue weighted by Crippen LogP contribution is -2.28. The minimum absolute atomic E-state index is 0.261. The van der Waals surface area contributed by atoms with Crippen LogP contribution in [0.4, 0.5) is 4.39 Å². The number of hydrogen-bond acceptors (Lipinski definition) is 3. The Morgan fingerprint density at radius 1 is 1.05 bits per heavy atom. The monoisotopic (exact) mass is 547 g/mol. The number of nitrogens with one attached hydrogen (secondary N) is 3. The van der Waals surface area contributed by atoms with Crippen LogP contribution in [0.2, 0.25) is 0 Å². The van der Waals surface area contributed by atoms with Gasteiger partial charge in [-0.2, -0.15) is 5.10 Å². The average molecular weight is 548 g/mol. The van der Waals surface area contributed by atoms with Gasteiger partial charge in [0.15, 0.2) is 0 Å². The van der Waals surface area contributed by atoms with E-state index in [0.29, 0.717) is 0 Å². The third-order valence-corrected chi connectivity index (χ3v) is 7.83. The van der Waals surface area contributed by atoms with E-state index in [1.807, 2.05) is 50.5 Å². The van der Waals surface area contributed by atoms with Gasteiger partial charge in [0.2, 0.25) is 0 Å². The van der Waals surface area contributed by atoms with Crippen LogP contribution in [0.3, 0.4) is 0 Å². The van der Waals surface area contributed by atoms with Crippen LogP contribution in [0.5, 0.6) is 0 Å². The fourth-order valence-electron chi connectivity index (χ4n) is 5.59. The summed E-state index contributed by atoms with van der Waals surface area (Å²) in [4.78, 5) is 7.97. The first-order valence-electron chi connectivity index (χ1n) is 14.2. The molecule has 0 amide bonds. The van der Waals surface area contributed by atoms with Crippen molar-refractivity contribution in [3.8, 4) is 11.4 Å². The summed E-state index contributed by atoms with van der Waals surface area (Å²) in [5.74, 6) is 0.461. The zero-order valence-electron chi connectivity index (χ0n) is 24.2. The number of aryl methyl sites for hydroxylation is 2. The number of pyridine rings is 1. The van der Waals surface area contributed by atoms with Crippen molar-refractivity contribution in [3.63, 3.8) is 0 Å². The second-order valence-electron chi connectivity index (χ2n) is 11.0. The summed E-state index contributed by atoms with van der Waals surface area (Å²) in [7, 11) is 0. The van der Waals surface area contributed by atoms with Crippen molar-refractivity contribution in [2.75, 3.05) is 13.1 Å². The number of piperidine rings is 1. The van der Waals surface area contributed by atoms with Crippen molar-refractivity contribution >= 4 is 23.8 Å². The van der Waals surface area contributed by atoms with Gasteiger partial charge in [0, 0.05) is 28.9 Å². The van der Waals surface area contributed by atoms with E-state index in [-0.39, 0.29) is 5.82 Å². The minimum Gasteiger partial charge on any atom is -0.357 e. The zero-order chi connectivity index (χ0) is 28.9. The molecule has 0 saturated carbocycles. The number of H-pyrrole nitrogens is 2. The Morgan fingerprint density at radius 3 is 2.61 bits per heavy atom. The first kappa shape index (κ1) is 28.2. The molecule has 1 aliphatic heterocycles. The minimum atomic E-state index is -0.261. The van der Waals surface area contributed by atoms with Crippen molar-refractivity contribution in [2.24, 2.45) is 5.92 Å². The van der Waals surface area contributed by atoms with Crippen LogP contribution in [-0.2, 0) is 6.42 Å². The Morgan fingerprint density at radius 2 is 1.85 bits per heavy atom. The summed E-state index contributed by atoms with van der Waals surface area (Å²) >= 11 is 0. The lowest BCUT2D eigenvalue weighted by atomic mass is 9.91. The number of benzene rings is 1. The molecule has 1 fully saturated rings. The molecule has 1 saturated heterocycles. The van der Waals surface area contributed by atoms with Gasteiger partial charge >= 0.3 is 0 Å². The topological polar surface area (TPSA) is 69.4 Å². The van der Waals surface area contributed by atoms with Gasteiger partial charge in [0.1, 0.15) is 11.5 Å². The zero-order valence-corrected chi connectivity index (χ0v) is 24.2. The molecular formula is C35H38FN5. The third kappa shape index (κ3) is 6.55. The summed E-state index contributed by atoms with van der Waals surface area (Å²) in [6.45, 7) is 16.4. The number of nitrogens with zero attached hydrogens (tertiary/aromatic N) is 2. The molecule has 5 nitrogen and oxygen atoms in total. The van der Waals surface area contributed by atoms with Crippen molar-refractivity contribution < 1.29 is 4.39 Å². The van der Waals surface area contributed by atoms with Gasteiger partial charge in [-0.05, 0) is 123 Å². The maximum Gasteiger partial charge on any atom is 0.124 e. The van der Waals surface area contributed by atoms with Gasteiger partial charge in [0.25, 0.3) is 0 Å². The fourth-order valence-corrected chi connectivity index (χ4v) is 5.59. The van der Waals surface area contributed by atoms with Gasteiger partial charge in [0.05, 0.1) is 11.0 Å². The number of rotatable bonds is 8. The smallest absolute Gasteiger partial charge is 0.124 e. The number of halogens is 1. The van der Waals surface area contributed by atoms with Crippen molar-refractivity contribution in [3.05, 3.63) is 117 Å². The predicted octanol–water partition coefficient (Wildman–Crippen LogP) is 6.01. The van der Waals surface area contributed by atoms with E-state index < -0.39 is 0 Å². The van der Waals surface area contributed by atoms with E-state index in [9.17, 15) is 4.39 Å². The van der Waals surface area contributed by atoms with Crippen LogP contribution in [0.1, 0.15) is 53.3 Å². The van der Waals surface area contributed by atoms with Crippen LogP contribution < -0.4 is 15.9 Å². The molecule has 0 aliphatic carbocycles. The highest BCUT2D eigenvalue weighted by Gasteiger charge is 2.16. The average Bonchev–Trinajstić information content (AvgIpc) is 3.52. The fraction of sp³-hybridized carbons (Fsp3) is 0.257. The largest absolute Gasteiger partial charge is 0.357 e. The van der Waals surface area contributed by atoms with Crippen LogP contribution >= 0.6 is 0 Å². The molecule has 41 heavy (non-hydrogen) atoms. The van der Waals surface area contributed by atoms with E-state index in [1.54, 1.807) is 12.1 Å². The van der Waals surface area contributed by atoms with Crippen molar-refractivity contribution in [1.82, 2.24) is 25.5 Å². The molecule has 6 heteroatoms. The lowest BCUT2D eigenvalue weighted by Gasteiger charge is -2.22. The Labute approximate surface area is 241 Å². The van der Waals surface area contributed by atoms with E-state index in [2.05, 4.69) is 57.7 Å². The van der Waals surface area contributed by atoms with Crippen molar-refractivity contribution in [1.29, 1.82) is 0 Å². The molecule has 0 spiro atoms. The molecule has 3 aromatic heterocycles. The normalized spacial score (nSPS) is 15.5. The van der Waals surface area contributed by atoms with E-state index in [0.717, 1.165) is 86.5 Å². The molecule has 3 N–H and O–H groups in total. The molecular weight excluding hydrogens is 509 g/mol. The Bertz CT molecular complexity index is 1710. The predicted molar refractivity (Wildman–Crippen MR) is 168 cm³/mol. The second-order valence-corrected chi connectivity index (χ2v) is 11.0. The Hall–Kier alpha value is -4.29. The number of hydrogen-bond donors (Lipinski definition) is 3. The maximum atomic E-state index is 14.2. The lowest BCUT2D eigenvalue weighted by molar-refractivity contribution is 0.372. The van der Waals surface area contributed by atoms with Gasteiger partial charge in [-0.1, -0.05) is 37.5 Å². The molecule has 4 heterocycles. The first-order valence-corrected chi connectivity index (χ1v) is 14.2. The number of allylic oxidation sites excluding steroid dienone is 4. The molecule has 1 aromatic carbocycles. The Balaban J connectivity index is 1.41. The molecule has 0 atom stereocenters. The summed E-state index contributed by atoms with van der Waals surface area (Å²) in [6, 6.07) is 9.36. The molecule has 1 aliphatic rings. The van der Waals surface area contributed by atoms with Crippen LogP contribution in [-0.4, -0.2) is 33.3 Å². The van der Waals surface area contributed by atoms with Gasteiger partial charge in [-0.15, -0.1) is 0 Å². The quantitative estimate of drug-likeness (QED) is 0.237. The molecule has 0 unspecified atom stereocenters. The van der Waals surface area contributed by atoms with E-state index in [4.69, 9.17) is 0 Å². The summed E-state index contributed by atoms with van der Waals surface area (Å²) < 4.78 is 14.2. The highest BCUT2D eigenvalue weighted by molar-refractivity contribution is 5.84. The van der Waals surface area contributed by atoms with Crippen LogP contribution in [0, 0.1) is 25.6 Å². The standard InChI is InChI=1S/C35H38FN5/c1-6-7-31(28-14-22(2)15-30(36)18-28)32-19-34(39-25(32)5)35-24(4)33(40-41-35)9-8-23(3)29-17-27(20-38-21-29)16-26-10-12-37-13-11-26/h6-9,14-15,17-21,26,37,39-40H,1,4,10-13,16H2,2-3,5H3/b23-8+,31-7-,33-9+. The van der Waals surface area contributed by atoms with Crippen molar-refractivity contribution in [2.45, 2.75) is 40.0 Å². The SMILES string of the molecule is C=C/C=C(/c1cc(C)cc(F)c1)c1cc(-c2n[nH]/c(=C/C=C(\C)c3cncc(CC4CCNCC4)c3)c2=C)[nH]c1C. The molecule has 4 aromatic rings. The summed E-state index contributed by atoms with van der Waals surface area (Å²) in [5.41, 5.74) is 9.61. The van der Waals surface area contributed by atoms with Gasteiger partial charge in [-0.3, -0.25) is 10.1 Å². The Kier molecular flexibility index (Phi) is 8.60. The van der Waals surface area contributed by atoms with Crippen LogP contribution in [0.25, 0.3) is 35.2 Å². The molecule has 210 valence electrons. The molecule has 0 bridgehead atoms. The summed E-state index contributed by atoms with van der Waals surface area (Å²) in [5, 5.41) is 12.8. The highest BCUT2D eigenvalue weighted by Crippen LogP contribution is 2.30. The van der Waals surface area contributed by atoms with E-state index in [1.165, 1.54) is 24.5 Å². The van der Waals surface area contributed by atoms with E-state index >= 15 is 0 Å². The maximum absolute atomic E-state index is 14.2. The third-order valence-electron chi connectivity index (χ3n) is 7.83. The van der Waals surface area contributed by atoms with Gasteiger partial charge in [-0.25, -0.2) is 4.39 Å². The summed E-state index contributed by atoms with van der Waals surface area (Å²) in [6.07, 6.45) is 15.2. The molecule has 5 rings (SSSR count). The first-order chi connectivity index (χ1) is 19.8. The molecule has 0 radical (unpaired) electrons. The van der Waals surface area contributed by atoms with Crippen LogP contribution in [0.15, 0.2) is 67.5 Å². The number of aromatic nitrogens is 4. The number of aromatic amines is 2. The van der Waals surface area contributed by atoms with Gasteiger partial charge < -0.3 is 10.3 Å².